The average molecular weight is 172 g/mol. The van der Waals surface area contributed by atoms with Gasteiger partial charge in [0, 0.05) is 0 Å². The van der Waals surface area contributed by atoms with Gasteiger partial charge in [-0.15, -0.1) is 0 Å². The third-order valence-electron chi connectivity index (χ3n) is 1.48. The van der Waals surface area contributed by atoms with E-state index in [9.17, 15) is 0 Å². The molecule has 0 unspecified atom stereocenters. The van der Waals surface area contributed by atoms with Crippen LogP contribution in [0.2, 0.25) is 0 Å². The summed E-state index contributed by atoms with van der Waals surface area (Å²) in [6, 6.07) is 9.44. The summed E-state index contributed by atoms with van der Waals surface area (Å²) >= 11 is 0. The van der Waals surface area contributed by atoms with E-state index >= 15 is 0 Å². The molecule has 1 rings (SSSR count). The van der Waals surface area contributed by atoms with Crippen LogP contribution in [-0.4, -0.2) is 0 Å². The van der Waals surface area contributed by atoms with E-state index in [1.54, 1.807) is 0 Å². The Bertz CT molecular complexity index is 193. The van der Waals surface area contributed by atoms with Gasteiger partial charge in [0.05, 0.1) is 0 Å². The van der Waals surface area contributed by atoms with Gasteiger partial charge in [0.1, 0.15) is 0 Å². The molecule has 0 radical (unpaired) electrons. The first-order chi connectivity index (χ1) is 4.83. The summed E-state index contributed by atoms with van der Waals surface area (Å²) in [5.74, 6) is 0. The number of hydrogen-bond donors (Lipinski definition) is 0. The minimum atomic E-state index is 0. The second-order valence-corrected chi connectivity index (χ2v) is 2.49. The Morgan fingerprint density at radius 3 is 2.73 bits per heavy atom. The van der Waals surface area contributed by atoms with Crippen LogP contribution in [-0.2, 0) is 6.42 Å². The number of aryl methyl sites for hydroxylation is 2. The second-order valence-electron chi connectivity index (χ2n) is 2.49. The first-order valence-electron chi connectivity index (χ1n) is 3.59. The maximum atomic E-state index is 3.78. The summed E-state index contributed by atoms with van der Waals surface area (Å²) in [4.78, 5) is 0. The molecule has 0 saturated carbocycles. The van der Waals surface area contributed by atoms with Gasteiger partial charge in [0.25, 0.3) is 0 Å². The first-order valence-corrected chi connectivity index (χ1v) is 3.59. The van der Waals surface area contributed by atoms with Gasteiger partial charge in [-0.05, 0) is 0 Å². The fourth-order valence-electron chi connectivity index (χ4n) is 0.881. The minimum Gasteiger partial charge on any atom is -1.00 e. The molecule has 0 atom stereocenters. The zero-order valence-corrected chi connectivity index (χ0v) is 10.5. The van der Waals surface area contributed by atoms with Crippen LogP contribution in [0.3, 0.4) is 0 Å². The van der Waals surface area contributed by atoms with Crippen LogP contribution in [0.15, 0.2) is 18.2 Å². The van der Waals surface area contributed by atoms with Crippen LogP contribution in [0.4, 0.5) is 0 Å². The van der Waals surface area contributed by atoms with E-state index in [2.05, 4.69) is 32.0 Å². The molecule has 1 aromatic rings. The van der Waals surface area contributed by atoms with E-state index in [1.165, 1.54) is 11.1 Å². The fourth-order valence-corrected chi connectivity index (χ4v) is 0.881. The molecule has 0 aliphatic rings. The molecular formula is C10H13K-2. The van der Waals surface area contributed by atoms with Crippen LogP contribution in [0, 0.1) is 19.9 Å². The van der Waals surface area contributed by atoms with Gasteiger partial charge in [-0.1, -0.05) is 13.3 Å². The molecule has 0 saturated heterocycles. The molecule has 0 bridgehead atoms. The number of benzene rings is 1. The number of hydrogen-bond acceptors (Lipinski definition) is 0. The standard InChI is InChI=1S/C10H12.K.H/c1-3-4-10-7-5-9(2)6-8-10;;/h5-7H,1,3-4H2,2H3;;/q-2;+1;-1. The Kier molecular flexibility index (Phi) is 6.88. The van der Waals surface area contributed by atoms with E-state index in [0.717, 1.165) is 12.8 Å². The summed E-state index contributed by atoms with van der Waals surface area (Å²) in [5, 5.41) is 0. The van der Waals surface area contributed by atoms with Crippen LogP contribution in [0.1, 0.15) is 19.0 Å². The van der Waals surface area contributed by atoms with E-state index in [-0.39, 0.29) is 52.8 Å². The van der Waals surface area contributed by atoms with Crippen LogP contribution >= 0.6 is 0 Å². The molecule has 0 N–H and O–H groups in total. The summed E-state index contributed by atoms with van der Waals surface area (Å²) in [6.45, 7) is 5.86. The van der Waals surface area contributed by atoms with Crippen LogP contribution < -0.4 is 51.4 Å². The zero-order chi connectivity index (χ0) is 7.40. The second kappa shape index (κ2) is 6.38. The normalized spacial score (nSPS) is 8.91. The third-order valence-corrected chi connectivity index (χ3v) is 1.48. The zero-order valence-electron chi connectivity index (χ0n) is 8.35. The van der Waals surface area contributed by atoms with Gasteiger partial charge in [-0.25, -0.2) is 0 Å². The van der Waals surface area contributed by atoms with Crippen molar-refractivity contribution in [1.29, 1.82) is 0 Å². The Hall–Kier alpha value is 0.856. The van der Waals surface area contributed by atoms with Crippen LogP contribution in [0.25, 0.3) is 0 Å². The maximum Gasteiger partial charge on any atom is 1.00 e. The molecule has 0 aliphatic carbocycles. The summed E-state index contributed by atoms with van der Waals surface area (Å²) in [6.07, 6.45) is 2.00. The predicted octanol–water partition coefficient (Wildman–Crippen LogP) is -0.322. The van der Waals surface area contributed by atoms with E-state index in [0.29, 0.717) is 0 Å². The molecule has 56 valence electrons. The Morgan fingerprint density at radius 2 is 2.27 bits per heavy atom. The van der Waals surface area contributed by atoms with Gasteiger partial charge in [-0.3, -0.25) is 0 Å². The topological polar surface area (TPSA) is 0 Å². The van der Waals surface area contributed by atoms with E-state index < -0.39 is 0 Å². The molecule has 0 nitrogen and oxygen atoms in total. The van der Waals surface area contributed by atoms with Crippen molar-refractivity contribution in [2.75, 3.05) is 0 Å². The van der Waals surface area contributed by atoms with Gasteiger partial charge in [0.2, 0.25) is 0 Å². The monoisotopic (exact) mass is 172 g/mol. The van der Waals surface area contributed by atoms with Crippen molar-refractivity contribution < 1.29 is 52.8 Å². The minimum absolute atomic E-state index is 0. The maximum absolute atomic E-state index is 3.78. The average Bonchev–Trinajstić information content (AvgIpc) is 1.95. The quantitative estimate of drug-likeness (QED) is 0.424. The summed E-state index contributed by atoms with van der Waals surface area (Å²) in [5.41, 5.74) is 2.54. The Balaban J connectivity index is 0. The van der Waals surface area contributed by atoms with E-state index in [1.807, 2.05) is 6.07 Å². The summed E-state index contributed by atoms with van der Waals surface area (Å²) in [7, 11) is 0. The van der Waals surface area contributed by atoms with Crippen molar-refractivity contribution in [3.63, 3.8) is 0 Å². The molecule has 0 aromatic heterocycles. The van der Waals surface area contributed by atoms with Crippen LogP contribution in [0.5, 0.6) is 0 Å². The van der Waals surface area contributed by atoms with Crippen molar-refractivity contribution in [3.8, 4) is 0 Å². The van der Waals surface area contributed by atoms with Crippen molar-refractivity contribution >= 4 is 0 Å². The van der Waals surface area contributed by atoms with Crippen molar-refractivity contribution in [1.82, 2.24) is 0 Å². The van der Waals surface area contributed by atoms with E-state index in [4.69, 9.17) is 0 Å². The molecule has 1 aromatic carbocycles. The van der Waals surface area contributed by atoms with Gasteiger partial charge in [0.15, 0.2) is 0 Å². The SMILES string of the molecule is [CH2-]CCc1[c-]cc(C)cc1.[H-].[K+]. The van der Waals surface area contributed by atoms with Gasteiger partial charge < -0.3 is 8.35 Å². The van der Waals surface area contributed by atoms with Crippen molar-refractivity contribution in [3.05, 3.63) is 42.3 Å². The molecule has 1 heteroatoms. The Morgan fingerprint density at radius 1 is 1.55 bits per heavy atom. The largest absolute Gasteiger partial charge is 1.00 e. The molecule has 0 fully saturated rings. The fraction of sp³-hybridized carbons (Fsp3) is 0.300. The first kappa shape index (κ1) is 11.9. The Labute approximate surface area is 113 Å². The van der Waals surface area contributed by atoms with Gasteiger partial charge >= 0.3 is 51.4 Å². The van der Waals surface area contributed by atoms with Crippen molar-refractivity contribution in [2.45, 2.75) is 19.8 Å². The molecule has 11 heavy (non-hydrogen) atoms. The third kappa shape index (κ3) is 4.44. The van der Waals surface area contributed by atoms with Crippen molar-refractivity contribution in [2.24, 2.45) is 0 Å². The molecule has 0 heterocycles. The molecule has 0 amide bonds. The summed E-state index contributed by atoms with van der Waals surface area (Å²) < 4.78 is 0. The predicted molar refractivity (Wildman–Crippen MR) is 44.8 cm³/mol. The molecule has 0 spiro atoms. The van der Waals surface area contributed by atoms with Gasteiger partial charge in [-0.2, -0.15) is 41.8 Å². The smallest absolute Gasteiger partial charge is 1.00 e. The molecular weight excluding hydrogens is 159 g/mol. The number of rotatable bonds is 2. The molecule has 0 aliphatic heterocycles.